The van der Waals surface area contributed by atoms with Crippen LogP contribution in [0.2, 0.25) is 0 Å². The minimum atomic E-state index is -0.308. The smallest absolute Gasteiger partial charge is 0.321 e. The maximum atomic E-state index is 12.6. The molecule has 16 heavy (non-hydrogen) atoms. The standard InChI is InChI=1S/C12H17FN2O/c1-3-4-9-15(2)12(16)14-11-7-5-10(13)6-8-11/h5-8H,3-4,9H2,1-2H3,(H,14,16). The number of anilines is 1. The molecule has 0 aliphatic carbocycles. The number of hydrogen-bond acceptors (Lipinski definition) is 1. The Morgan fingerprint density at radius 3 is 2.56 bits per heavy atom. The highest BCUT2D eigenvalue weighted by Gasteiger charge is 2.07. The third-order valence-corrected chi connectivity index (χ3v) is 2.29. The quantitative estimate of drug-likeness (QED) is 0.837. The monoisotopic (exact) mass is 224 g/mol. The summed E-state index contributed by atoms with van der Waals surface area (Å²) in [6, 6.07) is 5.56. The zero-order valence-corrected chi connectivity index (χ0v) is 9.66. The van der Waals surface area contributed by atoms with Crippen LogP contribution in [0.25, 0.3) is 0 Å². The predicted molar refractivity (Wildman–Crippen MR) is 63.0 cm³/mol. The molecule has 1 aromatic carbocycles. The van der Waals surface area contributed by atoms with Gasteiger partial charge in [0.05, 0.1) is 0 Å². The molecule has 1 N–H and O–H groups in total. The molecule has 0 atom stereocenters. The second-order valence-corrected chi connectivity index (χ2v) is 3.71. The molecule has 0 aliphatic heterocycles. The van der Waals surface area contributed by atoms with Crippen LogP contribution in [0.3, 0.4) is 0 Å². The Labute approximate surface area is 95.3 Å². The van der Waals surface area contributed by atoms with E-state index in [0.717, 1.165) is 19.4 Å². The normalized spacial score (nSPS) is 9.94. The fraction of sp³-hybridized carbons (Fsp3) is 0.417. The molecule has 1 rings (SSSR count). The highest BCUT2D eigenvalue weighted by Crippen LogP contribution is 2.09. The van der Waals surface area contributed by atoms with E-state index in [1.54, 1.807) is 24.1 Å². The number of nitrogens with zero attached hydrogens (tertiary/aromatic N) is 1. The number of carbonyl (C=O) groups is 1. The summed E-state index contributed by atoms with van der Waals surface area (Å²) in [4.78, 5) is 13.2. The summed E-state index contributed by atoms with van der Waals surface area (Å²) < 4.78 is 12.6. The largest absolute Gasteiger partial charge is 0.328 e. The fourth-order valence-corrected chi connectivity index (χ4v) is 1.25. The van der Waals surface area contributed by atoms with Crippen molar-refractivity contribution in [3.05, 3.63) is 30.1 Å². The van der Waals surface area contributed by atoms with Crippen LogP contribution >= 0.6 is 0 Å². The first-order chi connectivity index (χ1) is 7.63. The molecule has 3 nitrogen and oxygen atoms in total. The Hall–Kier alpha value is -1.58. The first-order valence-electron chi connectivity index (χ1n) is 5.41. The van der Waals surface area contributed by atoms with Crippen LogP contribution in [0.5, 0.6) is 0 Å². The van der Waals surface area contributed by atoms with E-state index in [-0.39, 0.29) is 11.8 Å². The third-order valence-electron chi connectivity index (χ3n) is 2.29. The molecule has 0 aliphatic rings. The van der Waals surface area contributed by atoms with Crippen LogP contribution < -0.4 is 5.32 Å². The van der Waals surface area contributed by atoms with Crippen LogP contribution in [-0.2, 0) is 0 Å². The molecular weight excluding hydrogens is 207 g/mol. The van der Waals surface area contributed by atoms with Crippen molar-refractivity contribution < 1.29 is 9.18 Å². The van der Waals surface area contributed by atoms with Crippen molar-refractivity contribution in [2.45, 2.75) is 19.8 Å². The van der Waals surface area contributed by atoms with Crippen LogP contribution in [0, 0.1) is 5.82 Å². The first-order valence-corrected chi connectivity index (χ1v) is 5.41. The Morgan fingerprint density at radius 2 is 2.00 bits per heavy atom. The number of urea groups is 1. The van der Waals surface area contributed by atoms with Gasteiger partial charge in [0.15, 0.2) is 0 Å². The van der Waals surface area contributed by atoms with E-state index in [1.807, 2.05) is 0 Å². The Balaban J connectivity index is 2.47. The SMILES string of the molecule is CCCCN(C)C(=O)Nc1ccc(F)cc1. The number of halogens is 1. The number of hydrogen-bond donors (Lipinski definition) is 1. The van der Waals surface area contributed by atoms with Crippen molar-refractivity contribution in [3.63, 3.8) is 0 Å². The first kappa shape index (κ1) is 12.5. The van der Waals surface area contributed by atoms with Gasteiger partial charge in [0.2, 0.25) is 0 Å². The molecule has 0 fully saturated rings. The molecule has 1 aromatic rings. The van der Waals surface area contributed by atoms with Crippen LogP contribution in [-0.4, -0.2) is 24.5 Å². The summed E-state index contributed by atoms with van der Waals surface area (Å²) >= 11 is 0. The number of carbonyl (C=O) groups excluding carboxylic acids is 1. The van der Waals surface area contributed by atoms with E-state index in [4.69, 9.17) is 0 Å². The van der Waals surface area contributed by atoms with Crippen molar-refractivity contribution in [2.75, 3.05) is 18.9 Å². The summed E-state index contributed by atoms with van der Waals surface area (Å²) in [5, 5.41) is 2.70. The lowest BCUT2D eigenvalue weighted by atomic mass is 10.3. The van der Waals surface area contributed by atoms with Gasteiger partial charge in [0.25, 0.3) is 0 Å². The van der Waals surface area contributed by atoms with Gasteiger partial charge in [0, 0.05) is 19.3 Å². The molecule has 0 spiro atoms. The average Bonchev–Trinajstić information content (AvgIpc) is 2.29. The minimum Gasteiger partial charge on any atom is -0.328 e. The summed E-state index contributed by atoms with van der Waals surface area (Å²) in [5.74, 6) is -0.308. The zero-order chi connectivity index (χ0) is 12.0. The van der Waals surface area contributed by atoms with Gasteiger partial charge >= 0.3 is 6.03 Å². The maximum Gasteiger partial charge on any atom is 0.321 e. The van der Waals surface area contributed by atoms with Crippen LogP contribution in [0.15, 0.2) is 24.3 Å². The summed E-state index contributed by atoms with van der Waals surface area (Å²) in [5.41, 5.74) is 0.606. The van der Waals surface area contributed by atoms with Gasteiger partial charge < -0.3 is 10.2 Å². The van der Waals surface area contributed by atoms with Gasteiger partial charge in [-0.05, 0) is 30.7 Å². The van der Waals surface area contributed by atoms with E-state index in [9.17, 15) is 9.18 Å². The summed E-state index contributed by atoms with van der Waals surface area (Å²) in [6.45, 7) is 2.80. The predicted octanol–water partition coefficient (Wildman–Crippen LogP) is 3.09. The van der Waals surface area contributed by atoms with Gasteiger partial charge in [-0.2, -0.15) is 0 Å². The topological polar surface area (TPSA) is 32.3 Å². The van der Waals surface area contributed by atoms with E-state index in [0.29, 0.717) is 5.69 Å². The number of amides is 2. The lowest BCUT2D eigenvalue weighted by Gasteiger charge is -2.17. The molecular formula is C12H17FN2O. The van der Waals surface area contributed by atoms with Crippen molar-refractivity contribution in [1.82, 2.24) is 4.90 Å². The molecule has 4 heteroatoms. The highest BCUT2D eigenvalue weighted by atomic mass is 19.1. The minimum absolute atomic E-state index is 0.167. The molecule has 0 aromatic heterocycles. The fourth-order valence-electron chi connectivity index (χ4n) is 1.25. The van der Waals surface area contributed by atoms with Gasteiger partial charge in [-0.15, -0.1) is 0 Å². The van der Waals surface area contributed by atoms with E-state index < -0.39 is 0 Å². The van der Waals surface area contributed by atoms with Crippen molar-refractivity contribution in [1.29, 1.82) is 0 Å². The van der Waals surface area contributed by atoms with E-state index >= 15 is 0 Å². The number of unbranched alkanes of at least 4 members (excludes halogenated alkanes) is 1. The third kappa shape index (κ3) is 3.88. The number of nitrogens with one attached hydrogen (secondary N) is 1. The number of rotatable bonds is 4. The van der Waals surface area contributed by atoms with Crippen LogP contribution in [0.4, 0.5) is 14.9 Å². The molecule has 88 valence electrons. The molecule has 0 heterocycles. The second-order valence-electron chi connectivity index (χ2n) is 3.71. The summed E-state index contributed by atoms with van der Waals surface area (Å²) in [7, 11) is 1.74. The molecule has 0 radical (unpaired) electrons. The van der Waals surface area contributed by atoms with Gasteiger partial charge in [0.1, 0.15) is 5.82 Å². The van der Waals surface area contributed by atoms with Crippen molar-refractivity contribution >= 4 is 11.7 Å². The Kier molecular flexibility index (Phi) is 4.76. The lowest BCUT2D eigenvalue weighted by molar-refractivity contribution is 0.222. The molecule has 0 bridgehead atoms. The van der Waals surface area contributed by atoms with Crippen molar-refractivity contribution in [2.24, 2.45) is 0 Å². The van der Waals surface area contributed by atoms with Crippen molar-refractivity contribution in [3.8, 4) is 0 Å². The average molecular weight is 224 g/mol. The molecule has 0 unspecified atom stereocenters. The highest BCUT2D eigenvalue weighted by molar-refractivity contribution is 5.89. The Morgan fingerprint density at radius 1 is 1.38 bits per heavy atom. The van der Waals surface area contributed by atoms with Crippen LogP contribution in [0.1, 0.15) is 19.8 Å². The Bertz CT molecular complexity index is 337. The van der Waals surface area contributed by atoms with Gasteiger partial charge in [-0.25, -0.2) is 9.18 Å². The maximum absolute atomic E-state index is 12.6. The molecule has 0 saturated carbocycles. The zero-order valence-electron chi connectivity index (χ0n) is 9.66. The molecule has 0 saturated heterocycles. The molecule has 2 amide bonds. The number of benzene rings is 1. The second kappa shape index (κ2) is 6.10. The summed E-state index contributed by atoms with van der Waals surface area (Å²) in [6.07, 6.45) is 2.03. The van der Waals surface area contributed by atoms with Gasteiger partial charge in [-0.3, -0.25) is 0 Å². The van der Waals surface area contributed by atoms with Gasteiger partial charge in [-0.1, -0.05) is 13.3 Å². The van der Waals surface area contributed by atoms with E-state index in [2.05, 4.69) is 12.2 Å². The van der Waals surface area contributed by atoms with E-state index in [1.165, 1.54) is 12.1 Å². The lowest BCUT2D eigenvalue weighted by Crippen LogP contribution is -2.32.